The summed E-state index contributed by atoms with van der Waals surface area (Å²) >= 11 is 0. The predicted octanol–water partition coefficient (Wildman–Crippen LogP) is 2.34. The van der Waals surface area contributed by atoms with Crippen LogP contribution < -0.4 is 0 Å². The number of benzene rings is 1. The standard InChI is InChI=1S/C14H16O4/c15-13(16)12-7-6-10(8-12)9-18-14(17)11-4-2-1-3-5-11/h1-5,10,12H,6-9H2,(H,15,16). The van der Waals surface area contributed by atoms with E-state index in [0.717, 1.165) is 6.42 Å². The number of rotatable bonds is 4. The van der Waals surface area contributed by atoms with Gasteiger partial charge < -0.3 is 9.84 Å². The number of carboxylic acid groups (broad SMARTS) is 1. The molecule has 0 aromatic heterocycles. The molecule has 0 saturated heterocycles. The largest absolute Gasteiger partial charge is 0.481 e. The lowest BCUT2D eigenvalue weighted by molar-refractivity contribution is -0.141. The molecule has 2 rings (SSSR count). The van der Waals surface area contributed by atoms with Crippen molar-refractivity contribution in [3.63, 3.8) is 0 Å². The molecule has 0 radical (unpaired) electrons. The summed E-state index contributed by atoms with van der Waals surface area (Å²) < 4.78 is 5.21. The molecule has 4 heteroatoms. The minimum Gasteiger partial charge on any atom is -0.481 e. The van der Waals surface area contributed by atoms with Gasteiger partial charge in [0.2, 0.25) is 0 Å². The molecule has 96 valence electrons. The van der Waals surface area contributed by atoms with Gasteiger partial charge in [-0.3, -0.25) is 4.79 Å². The van der Waals surface area contributed by atoms with Crippen molar-refractivity contribution in [1.82, 2.24) is 0 Å². The smallest absolute Gasteiger partial charge is 0.338 e. The van der Waals surface area contributed by atoms with Crippen molar-refractivity contribution in [3.05, 3.63) is 35.9 Å². The fourth-order valence-corrected chi connectivity index (χ4v) is 2.30. The van der Waals surface area contributed by atoms with Gasteiger partial charge in [-0.25, -0.2) is 4.79 Å². The van der Waals surface area contributed by atoms with Gasteiger partial charge in [0.25, 0.3) is 0 Å². The molecule has 0 amide bonds. The van der Waals surface area contributed by atoms with Crippen LogP contribution in [0.15, 0.2) is 30.3 Å². The maximum Gasteiger partial charge on any atom is 0.338 e. The highest BCUT2D eigenvalue weighted by Gasteiger charge is 2.30. The van der Waals surface area contributed by atoms with E-state index in [-0.39, 0.29) is 17.8 Å². The summed E-state index contributed by atoms with van der Waals surface area (Å²) in [6.45, 7) is 0.317. The van der Waals surface area contributed by atoms with Gasteiger partial charge in [0.1, 0.15) is 0 Å². The zero-order valence-corrected chi connectivity index (χ0v) is 10.0. The summed E-state index contributed by atoms with van der Waals surface area (Å²) in [5.74, 6) is -1.18. The van der Waals surface area contributed by atoms with Crippen LogP contribution in [0.4, 0.5) is 0 Å². The van der Waals surface area contributed by atoms with Gasteiger partial charge in [0.15, 0.2) is 0 Å². The van der Waals surface area contributed by atoms with Gasteiger partial charge >= 0.3 is 11.9 Å². The summed E-state index contributed by atoms with van der Waals surface area (Å²) in [5.41, 5.74) is 0.533. The minimum atomic E-state index is -0.744. The molecule has 0 bridgehead atoms. The number of carbonyl (C=O) groups is 2. The van der Waals surface area contributed by atoms with E-state index in [2.05, 4.69) is 0 Å². The van der Waals surface area contributed by atoms with E-state index in [4.69, 9.17) is 9.84 Å². The average molecular weight is 248 g/mol. The van der Waals surface area contributed by atoms with Crippen molar-refractivity contribution in [2.75, 3.05) is 6.61 Å². The lowest BCUT2D eigenvalue weighted by Gasteiger charge is -2.10. The first kappa shape index (κ1) is 12.6. The third-order valence-corrected chi connectivity index (χ3v) is 3.35. The Morgan fingerprint density at radius 2 is 1.94 bits per heavy atom. The highest BCUT2D eigenvalue weighted by molar-refractivity contribution is 5.89. The van der Waals surface area contributed by atoms with Crippen LogP contribution in [0.25, 0.3) is 0 Å². The molecule has 2 atom stereocenters. The zero-order chi connectivity index (χ0) is 13.0. The van der Waals surface area contributed by atoms with Crippen LogP contribution in [-0.2, 0) is 9.53 Å². The van der Waals surface area contributed by atoms with E-state index >= 15 is 0 Å². The molecule has 18 heavy (non-hydrogen) atoms. The van der Waals surface area contributed by atoms with Crippen molar-refractivity contribution in [2.45, 2.75) is 19.3 Å². The summed E-state index contributed by atoms with van der Waals surface area (Å²) in [6, 6.07) is 8.82. The second-order valence-electron chi connectivity index (χ2n) is 4.68. The SMILES string of the molecule is O=C(OCC1CCC(C(=O)O)C1)c1ccccc1. The van der Waals surface area contributed by atoms with Gasteiger partial charge in [0.05, 0.1) is 18.1 Å². The predicted molar refractivity (Wildman–Crippen MR) is 65.2 cm³/mol. The highest BCUT2D eigenvalue weighted by atomic mass is 16.5. The second-order valence-corrected chi connectivity index (χ2v) is 4.68. The van der Waals surface area contributed by atoms with Crippen LogP contribution in [0.2, 0.25) is 0 Å². The molecule has 1 aromatic rings. The van der Waals surface area contributed by atoms with E-state index in [1.807, 2.05) is 6.07 Å². The third kappa shape index (κ3) is 3.09. The summed E-state index contributed by atoms with van der Waals surface area (Å²) in [7, 11) is 0. The van der Waals surface area contributed by atoms with Crippen LogP contribution in [0.5, 0.6) is 0 Å². The lowest BCUT2D eigenvalue weighted by Crippen LogP contribution is -2.14. The van der Waals surface area contributed by atoms with Crippen LogP contribution in [-0.4, -0.2) is 23.7 Å². The molecule has 1 aliphatic carbocycles. The Morgan fingerprint density at radius 1 is 1.22 bits per heavy atom. The molecule has 1 saturated carbocycles. The van der Waals surface area contributed by atoms with Gasteiger partial charge in [0, 0.05) is 0 Å². The number of esters is 1. The topological polar surface area (TPSA) is 63.6 Å². The van der Waals surface area contributed by atoms with Gasteiger partial charge in [-0.15, -0.1) is 0 Å². The Kier molecular flexibility index (Phi) is 3.97. The maximum atomic E-state index is 11.7. The Bertz CT molecular complexity index is 427. The Hall–Kier alpha value is -1.84. The molecule has 0 spiro atoms. The van der Waals surface area contributed by atoms with Crippen LogP contribution in [0.1, 0.15) is 29.6 Å². The first-order valence-corrected chi connectivity index (χ1v) is 6.12. The van der Waals surface area contributed by atoms with Crippen molar-refractivity contribution >= 4 is 11.9 Å². The van der Waals surface area contributed by atoms with Gasteiger partial charge in [-0.2, -0.15) is 0 Å². The molecule has 1 aromatic carbocycles. The zero-order valence-electron chi connectivity index (χ0n) is 10.0. The Labute approximate surface area is 106 Å². The van der Waals surface area contributed by atoms with E-state index in [0.29, 0.717) is 25.0 Å². The number of carboxylic acids is 1. The van der Waals surface area contributed by atoms with Crippen LogP contribution >= 0.6 is 0 Å². The number of aliphatic carboxylic acids is 1. The van der Waals surface area contributed by atoms with Gasteiger partial charge in [-0.1, -0.05) is 18.2 Å². The van der Waals surface area contributed by atoms with Gasteiger partial charge in [-0.05, 0) is 37.3 Å². The quantitative estimate of drug-likeness (QED) is 0.831. The molecule has 1 fully saturated rings. The molecule has 1 aliphatic rings. The van der Waals surface area contributed by atoms with Crippen LogP contribution in [0, 0.1) is 11.8 Å². The van der Waals surface area contributed by atoms with Crippen molar-refractivity contribution in [1.29, 1.82) is 0 Å². The van der Waals surface area contributed by atoms with E-state index in [1.54, 1.807) is 24.3 Å². The first-order chi connectivity index (χ1) is 8.66. The van der Waals surface area contributed by atoms with E-state index < -0.39 is 5.97 Å². The molecule has 0 heterocycles. The second kappa shape index (κ2) is 5.67. The van der Waals surface area contributed by atoms with E-state index in [9.17, 15) is 9.59 Å². The summed E-state index contributed by atoms with van der Waals surface area (Å²) in [6.07, 6.45) is 2.11. The maximum absolute atomic E-state index is 11.7. The normalized spacial score (nSPS) is 22.7. The Balaban J connectivity index is 1.79. The molecule has 2 unspecified atom stereocenters. The summed E-state index contributed by atoms with van der Waals surface area (Å²) in [4.78, 5) is 22.5. The number of hydrogen-bond donors (Lipinski definition) is 1. The molecular weight excluding hydrogens is 232 g/mol. The average Bonchev–Trinajstić information content (AvgIpc) is 2.86. The Morgan fingerprint density at radius 3 is 2.56 bits per heavy atom. The third-order valence-electron chi connectivity index (χ3n) is 3.35. The number of ether oxygens (including phenoxy) is 1. The fourth-order valence-electron chi connectivity index (χ4n) is 2.30. The van der Waals surface area contributed by atoms with Crippen molar-refractivity contribution < 1.29 is 19.4 Å². The molecular formula is C14H16O4. The number of carbonyl (C=O) groups excluding carboxylic acids is 1. The first-order valence-electron chi connectivity index (χ1n) is 6.12. The highest BCUT2D eigenvalue weighted by Crippen LogP contribution is 2.31. The van der Waals surface area contributed by atoms with E-state index in [1.165, 1.54) is 0 Å². The lowest BCUT2D eigenvalue weighted by atomic mass is 10.1. The number of hydrogen-bond acceptors (Lipinski definition) is 3. The molecule has 0 aliphatic heterocycles. The van der Waals surface area contributed by atoms with Crippen molar-refractivity contribution in [3.8, 4) is 0 Å². The van der Waals surface area contributed by atoms with Crippen molar-refractivity contribution in [2.24, 2.45) is 11.8 Å². The molecule has 4 nitrogen and oxygen atoms in total. The molecule has 1 N–H and O–H groups in total. The summed E-state index contributed by atoms with van der Waals surface area (Å²) in [5, 5.41) is 8.88. The monoisotopic (exact) mass is 248 g/mol. The minimum absolute atomic E-state index is 0.179. The fraction of sp³-hybridized carbons (Fsp3) is 0.429. The van der Waals surface area contributed by atoms with Crippen LogP contribution in [0.3, 0.4) is 0 Å².